The molecule has 3 aromatic rings. The summed E-state index contributed by atoms with van der Waals surface area (Å²) in [5.74, 6) is -0.625. The van der Waals surface area contributed by atoms with E-state index >= 15 is 0 Å². The smallest absolute Gasteiger partial charge is 0.251 e. The topological polar surface area (TPSA) is 102 Å². The van der Waals surface area contributed by atoms with Gasteiger partial charge in [-0.1, -0.05) is 45.0 Å². The lowest BCUT2D eigenvalue weighted by molar-refractivity contribution is -0.128. The molecule has 2 amide bonds. The highest BCUT2D eigenvalue weighted by Crippen LogP contribution is 2.33. The first-order valence-corrected chi connectivity index (χ1v) is 12.5. The summed E-state index contributed by atoms with van der Waals surface area (Å²) in [4.78, 5) is 39.3. The second-order valence-electron chi connectivity index (χ2n) is 10.2. The molecule has 1 fully saturated rings. The number of anilines is 1. The lowest BCUT2D eigenvalue weighted by Crippen LogP contribution is -2.50. The molecule has 2 aromatic heterocycles. The number of pyridine rings is 2. The molecule has 8 heteroatoms. The molecule has 0 bridgehead atoms. The van der Waals surface area contributed by atoms with Crippen LogP contribution in [0.4, 0.5) is 5.69 Å². The third-order valence-electron chi connectivity index (χ3n) is 6.61. The summed E-state index contributed by atoms with van der Waals surface area (Å²) in [6.07, 6.45) is 10.1. The van der Waals surface area contributed by atoms with Gasteiger partial charge in [0.25, 0.3) is 5.91 Å². The van der Waals surface area contributed by atoms with Gasteiger partial charge in [0, 0.05) is 49.1 Å². The predicted molar refractivity (Wildman–Crippen MR) is 141 cm³/mol. The van der Waals surface area contributed by atoms with E-state index in [9.17, 15) is 14.9 Å². The second-order valence-corrected chi connectivity index (χ2v) is 10.2. The first-order chi connectivity index (χ1) is 17.8. The number of nitrogens with zero attached hydrogens (tertiary/aromatic N) is 5. The van der Waals surface area contributed by atoms with Crippen molar-refractivity contribution in [3.8, 4) is 6.19 Å². The number of nitriles is 1. The number of aromatic nitrogens is 2. The van der Waals surface area contributed by atoms with E-state index in [0.717, 1.165) is 17.5 Å². The molecule has 190 valence electrons. The SMILES string of the molecule is CC(C)(C)c1ccc(N(C(=O)[C@H]2CCCN2C#N)C(C(=O)NCc2cccnc2)c2cccnc2)cc1. The summed E-state index contributed by atoms with van der Waals surface area (Å²) in [5.41, 5.74) is 3.07. The Morgan fingerprint density at radius 3 is 2.41 bits per heavy atom. The van der Waals surface area contributed by atoms with Gasteiger partial charge in [-0.2, -0.15) is 5.26 Å². The Hall–Kier alpha value is -4.25. The van der Waals surface area contributed by atoms with Gasteiger partial charge in [0.1, 0.15) is 12.1 Å². The highest BCUT2D eigenvalue weighted by atomic mass is 16.2. The molecule has 1 unspecified atom stereocenters. The Bertz CT molecular complexity index is 1250. The molecule has 1 aliphatic heterocycles. The summed E-state index contributed by atoms with van der Waals surface area (Å²) < 4.78 is 0. The van der Waals surface area contributed by atoms with E-state index in [2.05, 4.69) is 42.2 Å². The van der Waals surface area contributed by atoms with Crippen molar-refractivity contribution in [3.05, 3.63) is 90.0 Å². The fourth-order valence-corrected chi connectivity index (χ4v) is 4.57. The maximum Gasteiger partial charge on any atom is 0.251 e. The third kappa shape index (κ3) is 5.95. The number of benzene rings is 1. The van der Waals surface area contributed by atoms with Gasteiger partial charge in [-0.15, -0.1) is 0 Å². The van der Waals surface area contributed by atoms with Crippen molar-refractivity contribution >= 4 is 17.5 Å². The molecule has 2 atom stereocenters. The van der Waals surface area contributed by atoms with Crippen LogP contribution in [-0.2, 0) is 21.5 Å². The van der Waals surface area contributed by atoms with Crippen molar-refractivity contribution in [2.75, 3.05) is 11.4 Å². The van der Waals surface area contributed by atoms with E-state index in [1.807, 2.05) is 36.4 Å². The molecule has 0 aliphatic carbocycles. The fraction of sp³-hybridized carbons (Fsp3) is 0.345. The highest BCUT2D eigenvalue weighted by Gasteiger charge is 2.40. The predicted octanol–water partition coefficient (Wildman–Crippen LogP) is 4.11. The zero-order valence-electron chi connectivity index (χ0n) is 21.5. The number of hydrogen-bond donors (Lipinski definition) is 1. The Labute approximate surface area is 218 Å². The lowest BCUT2D eigenvalue weighted by Gasteiger charge is -2.34. The average Bonchev–Trinajstić information content (AvgIpc) is 3.40. The minimum atomic E-state index is -0.973. The van der Waals surface area contributed by atoms with E-state index < -0.39 is 12.1 Å². The van der Waals surface area contributed by atoms with Crippen molar-refractivity contribution in [2.45, 2.75) is 57.7 Å². The second kappa shape index (κ2) is 11.2. The molecule has 3 heterocycles. The maximum atomic E-state index is 14.1. The molecule has 8 nitrogen and oxygen atoms in total. The Kier molecular flexibility index (Phi) is 7.83. The molecular formula is C29H32N6O2. The van der Waals surface area contributed by atoms with Gasteiger partial charge in [-0.25, -0.2) is 0 Å². The van der Waals surface area contributed by atoms with Crippen molar-refractivity contribution in [2.24, 2.45) is 0 Å². The molecule has 1 aliphatic rings. The number of amides is 2. The van der Waals surface area contributed by atoms with E-state index in [0.29, 0.717) is 24.2 Å². The molecule has 1 aromatic carbocycles. The van der Waals surface area contributed by atoms with Crippen LogP contribution in [0.15, 0.2) is 73.3 Å². The van der Waals surface area contributed by atoms with Gasteiger partial charge < -0.3 is 5.32 Å². The normalized spacial score (nSPS) is 16.1. The van der Waals surface area contributed by atoms with Crippen LogP contribution in [0.3, 0.4) is 0 Å². The third-order valence-corrected chi connectivity index (χ3v) is 6.61. The van der Waals surface area contributed by atoms with Crippen LogP contribution in [0.2, 0.25) is 0 Å². The summed E-state index contributed by atoms with van der Waals surface area (Å²) in [5, 5.41) is 12.6. The first-order valence-electron chi connectivity index (χ1n) is 12.5. The average molecular weight is 497 g/mol. The van der Waals surface area contributed by atoms with Gasteiger partial charge >= 0.3 is 0 Å². The van der Waals surface area contributed by atoms with Crippen LogP contribution in [0.25, 0.3) is 0 Å². The standard InChI is InChI=1S/C29H32N6O2/c1-29(2,3)23-10-12-24(13-11-23)35(28(37)25-9-6-16-34(25)20-30)26(22-8-5-15-32-19-22)27(36)33-18-21-7-4-14-31-17-21/h4-5,7-8,10-15,17,19,25-26H,6,9,16,18H2,1-3H3,(H,33,36)/t25-,26?/m1/s1. The van der Waals surface area contributed by atoms with Crippen LogP contribution in [-0.4, -0.2) is 39.3 Å². The van der Waals surface area contributed by atoms with Gasteiger partial charge in [0.05, 0.1) is 0 Å². The number of rotatable bonds is 7. The first kappa shape index (κ1) is 25.8. The molecule has 0 saturated carbocycles. The number of nitrogens with one attached hydrogen (secondary N) is 1. The lowest BCUT2D eigenvalue weighted by atomic mass is 9.87. The Morgan fingerprint density at radius 2 is 1.81 bits per heavy atom. The minimum Gasteiger partial charge on any atom is -0.350 e. The van der Waals surface area contributed by atoms with Crippen LogP contribution < -0.4 is 10.2 Å². The van der Waals surface area contributed by atoms with Gasteiger partial charge in [-0.3, -0.25) is 29.4 Å². The molecule has 1 saturated heterocycles. The van der Waals surface area contributed by atoms with Crippen LogP contribution in [0.5, 0.6) is 0 Å². The Morgan fingerprint density at radius 1 is 1.11 bits per heavy atom. The molecule has 0 spiro atoms. The quantitative estimate of drug-likeness (QED) is 0.494. The maximum absolute atomic E-state index is 14.1. The van der Waals surface area contributed by atoms with E-state index in [-0.39, 0.29) is 23.8 Å². The monoisotopic (exact) mass is 496 g/mol. The van der Waals surface area contributed by atoms with Gasteiger partial charge in [-0.05, 0) is 53.6 Å². The van der Waals surface area contributed by atoms with Crippen molar-refractivity contribution in [3.63, 3.8) is 0 Å². The van der Waals surface area contributed by atoms with Gasteiger partial charge in [0.15, 0.2) is 6.19 Å². The zero-order valence-corrected chi connectivity index (χ0v) is 21.5. The fourth-order valence-electron chi connectivity index (χ4n) is 4.57. The zero-order chi connectivity index (χ0) is 26.4. The van der Waals surface area contributed by atoms with Crippen molar-refractivity contribution < 1.29 is 9.59 Å². The van der Waals surface area contributed by atoms with Crippen LogP contribution in [0.1, 0.15) is 56.3 Å². The molecular weight excluding hydrogens is 464 g/mol. The number of likely N-dealkylation sites (tertiary alicyclic amines) is 1. The number of carbonyl (C=O) groups is 2. The molecule has 4 rings (SSSR count). The summed E-state index contributed by atoms with van der Waals surface area (Å²) in [6, 6.07) is 13.4. The van der Waals surface area contributed by atoms with E-state index in [1.54, 1.807) is 36.9 Å². The minimum absolute atomic E-state index is 0.0692. The van der Waals surface area contributed by atoms with Crippen molar-refractivity contribution in [1.82, 2.24) is 20.2 Å². The van der Waals surface area contributed by atoms with E-state index in [1.165, 1.54) is 9.80 Å². The largest absolute Gasteiger partial charge is 0.350 e. The highest BCUT2D eigenvalue weighted by molar-refractivity contribution is 6.04. The summed E-state index contributed by atoms with van der Waals surface area (Å²) in [6.45, 7) is 7.16. The molecule has 1 N–H and O–H groups in total. The van der Waals surface area contributed by atoms with Crippen LogP contribution in [0, 0.1) is 11.5 Å². The molecule has 0 radical (unpaired) electrons. The van der Waals surface area contributed by atoms with E-state index in [4.69, 9.17) is 0 Å². The van der Waals surface area contributed by atoms with Gasteiger partial charge in [0.2, 0.25) is 5.91 Å². The number of carbonyl (C=O) groups excluding carboxylic acids is 2. The Balaban J connectivity index is 1.76. The van der Waals surface area contributed by atoms with Crippen LogP contribution >= 0.6 is 0 Å². The summed E-state index contributed by atoms with van der Waals surface area (Å²) >= 11 is 0. The van der Waals surface area contributed by atoms with Crippen molar-refractivity contribution in [1.29, 1.82) is 5.26 Å². The number of hydrogen-bond acceptors (Lipinski definition) is 6. The summed E-state index contributed by atoms with van der Waals surface area (Å²) in [7, 11) is 0. The molecule has 37 heavy (non-hydrogen) atoms.